The molecule has 0 bridgehead atoms. The van der Waals surface area contributed by atoms with E-state index >= 15 is 0 Å². The number of likely N-dealkylation sites (tertiary alicyclic amines) is 1. The molecule has 0 aliphatic carbocycles. The van der Waals surface area contributed by atoms with Crippen LogP contribution in [0.4, 0.5) is 0 Å². The van der Waals surface area contributed by atoms with Gasteiger partial charge in [0.2, 0.25) is 0 Å². The lowest BCUT2D eigenvalue weighted by atomic mass is 10.0. The summed E-state index contributed by atoms with van der Waals surface area (Å²) < 4.78 is 8.22. The van der Waals surface area contributed by atoms with Gasteiger partial charge in [-0.3, -0.25) is 0 Å². The molecule has 1 saturated heterocycles. The SMILES string of the molecule is CN(C)CCCOCc1cc(Cl)ccc1Cc1nccn1CCN1CCCCC1. The molecule has 0 unspecified atom stereocenters. The van der Waals surface area contributed by atoms with E-state index in [1.807, 2.05) is 18.3 Å². The molecule has 0 saturated carbocycles. The van der Waals surface area contributed by atoms with Crippen LogP contribution >= 0.6 is 11.6 Å². The standard InChI is InChI=1S/C23H35ClN4O/c1-26(2)10-6-16-29-19-21-17-22(24)8-7-20(21)18-23-25-9-13-28(23)15-14-27-11-4-3-5-12-27/h7-9,13,17H,3-6,10-12,14-16,18-19H2,1-2H3. The molecule has 2 heterocycles. The topological polar surface area (TPSA) is 33.5 Å². The highest BCUT2D eigenvalue weighted by atomic mass is 35.5. The summed E-state index contributed by atoms with van der Waals surface area (Å²) in [4.78, 5) is 9.38. The molecule has 29 heavy (non-hydrogen) atoms. The van der Waals surface area contributed by atoms with Crippen molar-refractivity contribution in [3.63, 3.8) is 0 Å². The summed E-state index contributed by atoms with van der Waals surface area (Å²) >= 11 is 6.26. The van der Waals surface area contributed by atoms with Crippen LogP contribution in [0, 0.1) is 0 Å². The van der Waals surface area contributed by atoms with E-state index in [0.717, 1.165) is 55.5 Å². The number of hydrogen-bond acceptors (Lipinski definition) is 4. The van der Waals surface area contributed by atoms with Crippen LogP contribution in [0.3, 0.4) is 0 Å². The van der Waals surface area contributed by atoms with Crippen molar-refractivity contribution in [2.75, 3.05) is 46.9 Å². The first-order chi connectivity index (χ1) is 14.1. The second kappa shape index (κ2) is 11.7. The van der Waals surface area contributed by atoms with Crippen LogP contribution in [0.2, 0.25) is 5.02 Å². The van der Waals surface area contributed by atoms with Crippen LogP contribution in [-0.2, 0) is 24.3 Å². The second-order valence-electron chi connectivity index (χ2n) is 8.24. The maximum atomic E-state index is 6.26. The van der Waals surface area contributed by atoms with Gasteiger partial charge in [-0.2, -0.15) is 0 Å². The lowest BCUT2D eigenvalue weighted by Gasteiger charge is -2.26. The van der Waals surface area contributed by atoms with Crippen molar-refractivity contribution in [2.24, 2.45) is 0 Å². The van der Waals surface area contributed by atoms with Gasteiger partial charge >= 0.3 is 0 Å². The van der Waals surface area contributed by atoms with Gasteiger partial charge in [0.15, 0.2) is 0 Å². The second-order valence-corrected chi connectivity index (χ2v) is 8.67. The Morgan fingerprint density at radius 2 is 1.93 bits per heavy atom. The number of piperidine rings is 1. The Balaban J connectivity index is 1.57. The van der Waals surface area contributed by atoms with Crippen molar-refractivity contribution >= 4 is 11.6 Å². The lowest BCUT2D eigenvalue weighted by molar-refractivity contribution is 0.112. The first kappa shape index (κ1) is 22.3. The Morgan fingerprint density at radius 1 is 1.10 bits per heavy atom. The Morgan fingerprint density at radius 3 is 2.72 bits per heavy atom. The molecule has 3 rings (SSSR count). The van der Waals surface area contributed by atoms with Crippen LogP contribution in [0.15, 0.2) is 30.6 Å². The molecule has 0 atom stereocenters. The van der Waals surface area contributed by atoms with Gasteiger partial charge in [-0.15, -0.1) is 0 Å². The van der Waals surface area contributed by atoms with Gasteiger partial charge in [0.1, 0.15) is 5.82 Å². The number of rotatable bonds is 11. The molecule has 0 amide bonds. The quantitative estimate of drug-likeness (QED) is 0.515. The minimum absolute atomic E-state index is 0.595. The summed E-state index contributed by atoms with van der Waals surface area (Å²) in [5, 5.41) is 0.758. The molecular weight excluding hydrogens is 384 g/mol. The van der Waals surface area contributed by atoms with Gasteiger partial charge in [-0.1, -0.05) is 24.1 Å². The van der Waals surface area contributed by atoms with Crippen molar-refractivity contribution in [3.05, 3.63) is 52.6 Å². The Hall–Kier alpha value is -1.40. The zero-order chi connectivity index (χ0) is 20.5. The van der Waals surface area contributed by atoms with Crippen LogP contribution in [0.25, 0.3) is 0 Å². The zero-order valence-electron chi connectivity index (χ0n) is 17.9. The predicted octanol–water partition coefficient (Wildman–Crippen LogP) is 4.08. The smallest absolute Gasteiger partial charge is 0.113 e. The van der Waals surface area contributed by atoms with Crippen LogP contribution in [-0.4, -0.2) is 66.2 Å². The Labute approximate surface area is 180 Å². The highest BCUT2D eigenvalue weighted by molar-refractivity contribution is 6.30. The van der Waals surface area contributed by atoms with E-state index in [9.17, 15) is 0 Å². The largest absolute Gasteiger partial charge is 0.377 e. The van der Waals surface area contributed by atoms with Gasteiger partial charge in [0.05, 0.1) is 6.61 Å². The van der Waals surface area contributed by atoms with Gasteiger partial charge < -0.3 is 19.1 Å². The van der Waals surface area contributed by atoms with Crippen molar-refractivity contribution in [2.45, 2.75) is 45.3 Å². The number of imidazole rings is 1. The molecule has 1 aliphatic heterocycles. The number of aromatic nitrogens is 2. The summed E-state index contributed by atoms with van der Waals surface area (Å²) in [6.45, 7) is 6.96. The molecule has 1 aliphatic rings. The minimum atomic E-state index is 0.595. The lowest BCUT2D eigenvalue weighted by Crippen LogP contribution is -2.32. The average Bonchev–Trinajstić information content (AvgIpc) is 3.15. The van der Waals surface area contributed by atoms with Crippen LogP contribution in [0.1, 0.15) is 42.6 Å². The summed E-state index contributed by atoms with van der Waals surface area (Å²) in [5.41, 5.74) is 2.40. The molecular formula is C23H35ClN4O. The fourth-order valence-electron chi connectivity index (χ4n) is 3.88. The molecule has 6 heteroatoms. The van der Waals surface area contributed by atoms with Crippen molar-refractivity contribution in [1.29, 1.82) is 0 Å². The number of ether oxygens (including phenoxy) is 1. The van der Waals surface area contributed by atoms with Gasteiger partial charge in [0.25, 0.3) is 0 Å². The maximum Gasteiger partial charge on any atom is 0.113 e. The fourth-order valence-corrected chi connectivity index (χ4v) is 4.07. The molecule has 5 nitrogen and oxygen atoms in total. The molecule has 160 valence electrons. The summed E-state index contributed by atoms with van der Waals surface area (Å²) in [6.07, 6.45) is 9.90. The van der Waals surface area contributed by atoms with E-state index < -0.39 is 0 Å². The van der Waals surface area contributed by atoms with Gasteiger partial charge in [-0.05, 0) is 76.3 Å². The molecule has 1 aromatic carbocycles. The third kappa shape index (κ3) is 7.41. The van der Waals surface area contributed by atoms with Crippen molar-refractivity contribution < 1.29 is 4.74 Å². The van der Waals surface area contributed by atoms with Gasteiger partial charge in [0, 0.05) is 43.5 Å². The number of hydrogen-bond donors (Lipinski definition) is 0. The number of halogens is 1. The van der Waals surface area contributed by atoms with E-state index in [1.54, 1.807) is 0 Å². The Kier molecular flexibility index (Phi) is 8.99. The zero-order valence-corrected chi connectivity index (χ0v) is 18.7. The van der Waals surface area contributed by atoms with E-state index in [-0.39, 0.29) is 0 Å². The monoisotopic (exact) mass is 418 g/mol. The summed E-state index contributed by atoms with van der Waals surface area (Å²) in [6, 6.07) is 6.11. The fraction of sp³-hybridized carbons (Fsp3) is 0.609. The normalized spacial score (nSPS) is 15.3. The predicted molar refractivity (Wildman–Crippen MR) is 120 cm³/mol. The molecule has 0 N–H and O–H groups in total. The van der Waals surface area contributed by atoms with E-state index in [1.165, 1.54) is 37.9 Å². The number of nitrogens with zero attached hydrogens (tertiary/aromatic N) is 4. The maximum absolute atomic E-state index is 6.26. The van der Waals surface area contributed by atoms with Crippen LogP contribution < -0.4 is 0 Å². The first-order valence-corrected chi connectivity index (χ1v) is 11.2. The van der Waals surface area contributed by atoms with E-state index in [4.69, 9.17) is 16.3 Å². The highest BCUT2D eigenvalue weighted by Gasteiger charge is 2.12. The minimum Gasteiger partial charge on any atom is -0.377 e. The molecule has 1 aromatic heterocycles. The molecule has 2 aromatic rings. The van der Waals surface area contributed by atoms with E-state index in [2.05, 4.69) is 45.7 Å². The molecule has 1 fully saturated rings. The van der Waals surface area contributed by atoms with Crippen molar-refractivity contribution in [1.82, 2.24) is 19.4 Å². The summed E-state index contributed by atoms with van der Waals surface area (Å²) in [7, 11) is 4.17. The highest BCUT2D eigenvalue weighted by Crippen LogP contribution is 2.20. The molecule has 0 radical (unpaired) electrons. The third-order valence-electron chi connectivity index (χ3n) is 5.58. The van der Waals surface area contributed by atoms with Gasteiger partial charge in [-0.25, -0.2) is 4.98 Å². The molecule has 0 spiro atoms. The van der Waals surface area contributed by atoms with E-state index in [0.29, 0.717) is 6.61 Å². The summed E-state index contributed by atoms with van der Waals surface area (Å²) in [5.74, 6) is 1.11. The van der Waals surface area contributed by atoms with Crippen molar-refractivity contribution in [3.8, 4) is 0 Å². The number of benzene rings is 1. The Bertz CT molecular complexity index is 740. The average molecular weight is 419 g/mol. The first-order valence-electron chi connectivity index (χ1n) is 10.8. The third-order valence-corrected chi connectivity index (χ3v) is 5.81. The van der Waals surface area contributed by atoms with Crippen LogP contribution in [0.5, 0.6) is 0 Å².